The average Bonchev–Trinajstić information content (AvgIpc) is 2.48. The van der Waals surface area contributed by atoms with E-state index >= 15 is 0 Å². The van der Waals surface area contributed by atoms with Crippen LogP contribution in [0.1, 0.15) is 36.7 Å². The zero-order chi connectivity index (χ0) is 19.7. The molecule has 0 radical (unpaired) electrons. The highest BCUT2D eigenvalue weighted by molar-refractivity contribution is 7.89. The fourth-order valence-corrected chi connectivity index (χ4v) is 3.87. The first kappa shape index (κ1) is 20.4. The van der Waals surface area contributed by atoms with Crippen molar-refractivity contribution in [2.45, 2.75) is 38.1 Å². The Hall–Kier alpha value is -1.96. The van der Waals surface area contributed by atoms with E-state index in [2.05, 4.69) is 10.0 Å². The molecule has 0 fully saturated rings. The van der Waals surface area contributed by atoms with Gasteiger partial charge in [-0.3, -0.25) is 4.79 Å². The van der Waals surface area contributed by atoms with Gasteiger partial charge in [-0.15, -0.1) is 0 Å². The number of sulfonamides is 1. The molecule has 1 amide bonds. The molecule has 140 valence electrons. The number of nitrogens with one attached hydrogen (secondary N) is 2. The van der Waals surface area contributed by atoms with Gasteiger partial charge in [0, 0.05) is 16.8 Å². The molecule has 0 aromatic heterocycles. The summed E-state index contributed by atoms with van der Waals surface area (Å²) >= 11 is 5.71. The van der Waals surface area contributed by atoms with Crippen molar-refractivity contribution < 1.29 is 17.6 Å². The highest BCUT2D eigenvalue weighted by Crippen LogP contribution is 2.22. The summed E-state index contributed by atoms with van der Waals surface area (Å²) in [5, 5.41) is 2.47. The molecule has 5 nitrogen and oxygen atoms in total. The van der Waals surface area contributed by atoms with Gasteiger partial charge in [0.1, 0.15) is 5.82 Å². The summed E-state index contributed by atoms with van der Waals surface area (Å²) in [6, 6.07) is 8.10. The molecule has 0 spiro atoms. The first-order valence-corrected chi connectivity index (χ1v) is 9.66. The molecule has 0 saturated heterocycles. The smallest absolute Gasteiger partial charge is 0.255 e. The predicted octanol–water partition coefficient (Wildman–Crippen LogP) is 4.12. The van der Waals surface area contributed by atoms with Crippen LogP contribution in [0.15, 0.2) is 41.3 Å². The fraction of sp³-hybridized carbons (Fsp3) is 0.278. The maximum atomic E-state index is 13.2. The number of anilines is 1. The predicted molar refractivity (Wildman–Crippen MR) is 101 cm³/mol. The second-order valence-corrected chi connectivity index (χ2v) is 9.00. The van der Waals surface area contributed by atoms with Crippen LogP contribution in [0.25, 0.3) is 0 Å². The van der Waals surface area contributed by atoms with Gasteiger partial charge >= 0.3 is 0 Å². The summed E-state index contributed by atoms with van der Waals surface area (Å²) in [6.07, 6.45) is 0. The second kappa shape index (κ2) is 7.34. The lowest BCUT2D eigenvalue weighted by molar-refractivity contribution is 0.102. The van der Waals surface area contributed by atoms with E-state index in [4.69, 9.17) is 11.6 Å². The Balaban J connectivity index is 2.34. The molecular weight excluding hydrogens is 379 g/mol. The van der Waals surface area contributed by atoms with E-state index < -0.39 is 27.3 Å². The first-order chi connectivity index (χ1) is 11.9. The molecule has 2 N–H and O–H groups in total. The van der Waals surface area contributed by atoms with E-state index in [0.29, 0.717) is 11.3 Å². The Bertz CT molecular complexity index is 953. The Labute approximate surface area is 157 Å². The molecule has 0 aliphatic heterocycles. The number of halogens is 2. The van der Waals surface area contributed by atoms with E-state index in [1.807, 2.05) is 0 Å². The van der Waals surface area contributed by atoms with Crippen molar-refractivity contribution in [1.29, 1.82) is 0 Å². The van der Waals surface area contributed by atoms with Crippen molar-refractivity contribution in [3.05, 3.63) is 58.4 Å². The number of hydrogen-bond acceptors (Lipinski definition) is 3. The zero-order valence-electron chi connectivity index (χ0n) is 14.9. The highest BCUT2D eigenvalue weighted by atomic mass is 35.5. The number of aryl methyl sites for hydroxylation is 1. The van der Waals surface area contributed by atoms with Crippen LogP contribution in [0.5, 0.6) is 0 Å². The van der Waals surface area contributed by atoms with Gasteiger partial charge in [-0.1, -0.05) is 17.7 Å². The summed E-state index contributed by atoms with van der Waals surface area (Å²) in [4.78, 5) is 12.5. The number of amides is 1. The van der Waals surface area contributed by atoms with Crippen LogP contribution in [-0.4, -0.2) is 19.9 Å². The van der Waals surface area contributed by atoms with Crippen LogP contribution in [0.4, 0.5) is 10.1 Å². The van der Waals surface area contributed by atoms with Crippen molar-refractivity contribution in [2.75, 3.05) is 5.32 Å². The monoisotopic (exact) mass is 398 g/mol. The van der Waals surface area contributed by atoms with Crippen LogP contribution >= 0.6 is 11.6 Å². The highest BCUT2D eigenvalue weighted by Gasteiger charge is 2.23. The van der Waals surface area contributed by atoms with Gasteiger partial charge in [0.2, 0.25) is 10.0 Å². The quantitative estimate of drug-likeness (QED) is 0.813. The van der Waals surface area contributed by atoms with Gasteiger partial charge in [0.05, 0.1) is 9.92 Å². The molecule has 0 aliphatic rings. The molecule has 0 unspecified atom stereocenters. The average molecular weight is 399 g/mol. The van der Waals surface area contributed by atoms with Gasteiger partial charge in [0.25, 0.3) is 5.91 Å². The van der Waals surface area contributed by atoms with E-state index in [9.17, 15) is 17.6 Å². The topological polar surface area (TPSA) is 75.3 Å². The SMILES string of the molecule is Cc1ccc(S(=O)(=O)NC(C)(C)C)cc1C(=O)Nc1ccc(F)c(Cl)c1. The summed E-state index contributed by atoms with van der Waals surface area (Å²) < 4.78 is 40.7. The number of hydrogen-bond donors (Lipinski definition) is 2. The molecule has 2 rings (SSSR count). The lowest BCUT2D eigenvalue weighted by Crippen LogP contribution is -2.40. The molecule has 0 heterocycles. The lowest BCUT2D eigenvalue weighted by Gasteiger charge is -2.20. The van der Waals surface area contributed by atoms with E-state index in [0.717, 1.165) is 6.07 Å². The normalized spacial score (nSPS) is 12.1. The third kappa shape index (κ3) is 5.03. The molecule has 0 aliphatic carbocycles. The zero-order valence-corrected chi connectivity index (χ0v) is 16.4. The Morgan fingerprint density at radius 2 is 1.77 bits per heavy atom. The van der Waals surface area contributed by atoms with Crippen molar-refractivity contribution in [2.24, 2.45) is 0 Å². The molecule has 2 aromatic carbocycles. The third-order valence-electron chi connectivity index (χ3n) is 3.38. The summed E-state index contributed by atoms with van der Waals surface area (Å²) in [6.45, 7) is 6.88. The maximum Gasteiger partial charge on any atom is 0.255 e. The molecule has 8 heteroatoms. The number of benzene rings is 2. The molecular formula is C18H20ClFN2O3S. The van der Waals surface area contributed by atoms with Crippen LogP contribution < -0.4 is 10.0 Å². The van der Waals surface area contributed by atoms with Gasteiger partial charge in [-0.25, -0.2) is 17.5 Å². The maximum absolute atomic E-state index is 13.2. The molecule has 26 heavy (non-hydrogen) atoms. The largest absolute Gasteiger partial charge is 0.322 e. The minimum Gasteiger partial charge on any atom is -0.322 e. The number of rotatable bonds is 4. The van der Waals surface area contributed by atoms with Crippen LogP contribution in [0.2, 0.25) is 5.02 Å². The number of carbonyl (C=O) groups is 1. The van der Waals surface area contributed by atoms with E-state index in [1.165, 1.54) is 24.3 Å². The van der Waals surface area contributed by atoms with Crippen molar-refractivity contribution in [1.82, 2.24) is 4.72 Å². The van der Waals surface area contributed by atoms with Crippen LogP contribution in [-0.2, 0) is 10.0 Å². The summed E-state index contributed by atoms with van der Waals surface area (Å²) in [5.41, 5.74) is 0.450. The second-order valence-electron chi connectivity index (χ2n) is 6.92. The fourth-order valence-electron chi connectivity index (χ4n) is 2.25. The van der Waals surface area contributed by atoms with Gasteiger partial charge in [0.15, 0.2) is 0 Å². The standard InChI is InChI=1S/C18H20ClFN2O3S/c1-11-5-7-13(26(24,25)22-18(2,3)4)10-14(11)17(23)21-12-6-8-16(20)15(19)9-12/h5-10,22H,1-4H3,(H,21,23). The van der Waals surface area contributed by atoms with E-state index in [-0.39, 0.29) is 15.5 Å². The molecule has 0 saturated carbocycles. The Morgan fingerprint density at radius 1 is 1.12 bits per heavy atom. The van der Waals surface area contributed by atoms with Gasteiger partial charge in [-0.2, -0.15) is 0 Å². The van der Waals surface area contributed by atoms with Crippen LogP contribution in [0, 0.1) is 12.7 Å². The van der Waals surface area contributed by atoms with Crippen molar-refractivity contribution >= 4 is 33.2 Å². The summed E-state index contributed by atoms with van der Waals surface area (Å²) in [7, 11) is -3.78. The van der Waals surface area contributed by atoms with Crippen LogP contribution in [0.3, 0.4) is 0 Å². The first-order valence-electron chi connectivity index (χ1n) is 7.80. The third-order valence-corrected chi connectivity index (χ3v) is 5.43. The molecule has 0 atom stereocenters. The minimum atomic E-state index is -3.78. The summed E-state index contributed by atoms with van der Waals surface area (Å²) in [5.74, 6) is -1.11. The Morgan fingerprint density at radius 3 is 2.35 bits per heavy atom. The number of carbonyl (C=O) groups excluding carboxylic acids is 1. The van der Waals surface area contributed by atoms with Crippen molar-refractivity contribution in [3.63, 3.8) is 0 Å². The Kier molecular flexibility index (Phi) is 5.75. The molecule has 0 bridgehead atoms. The lowest BCUT2D eigenvalue weighted by atomic mass is 10.1. The van der Waals surface area contributed by atoms with Gasteiger partial charge in [-0.05, 0) is 63.6 Å². The molecule has 2 aromatic rings. The van der Waals surface area contributed by atoms with E-state index in [1.54, 1.807) is 33.8 Å². The van der Waals surface area contributed by atoms with Crippen molar-refractivity contribution in [3.8, 4) is 0 Å². The minimum absolute atomic E-state index is 0.0136. The van der Waals surface area contributed by atoms with Gasteiger partial charge < -0.3 is 5.32 Å².